The molecule has 0 aliphatic carbocycles. The van der Waals surface area contributed by atoms with Crippen LogP contribution in [0.15, 0.2) is 40.6 Å². The second-order valence-electron chi connectivity index (χ2n) is 8.94. The van der Waals surface area contributed by atoms with Crippen molar-refractivity contribution in [2.45, 2.75) is 32.7 Å². The Balaban J connectivity index is 1.79. The average molecular weight is 638 g/mol. The van der Waals surface area contributed by atoms with Crippen LogP contribution in [0.3, 0.4) is 0 Å². The first-order valence-electron chi connectivity index (χ1n) is 12.0. The van der Waals surface area contributed by atoms with E-state index in [1.54, 1.807) is 41.0 Å². The zero-order valence-electron chi connectivity index (χ0n) is 20.8. The van der Waals surface area contributed by atoms with Crippen LogP contribution in [-0.2, 0) is 26.8 Å². The highest BCUT2D eigenvalue weighted by molar-refractivity contribution is 7.85. The van der Waals surface area contributed by atoms with E-state index >= 15 is 0 Å². The number of halogens is 3. The topological polar surface area (TPSA) is 138 Å². The lowest BCUT2D eigenvalue weighted by Crippen LogP contribution is -2.37. The predicted molar refractivity (Wildman–Crippen MR) is 149 cm³/mol. The Morgan fingerprint density at radius 1 is 0.897 bits per heavy atom. The van der Waals surface area contributed by atoms with Gasteiger partial charge in [-0.15, -0.1) is 0 Å². The summed E-state index contributed by atoms with van der Waals surface area (Å²) in [5.74, 6) is 0.0346. The quantitative estimate of drug-likeness (QED) is 0.168. The molecule has 0 bridgehead atoms. The Bertz CT molecular complexity index is 1640. The maximum absolute atomic E-state index is 11.2. The summed E-state index contributed by atoms with van der Waals surface area (Å²) in [7, 11) is -8.75. The number of nitrogens with zero attached hydrogens (tertiary/aromatic N) is 3. The van der Waals surface area contributed by atoms with Crippen LogP contribution in [0.5, 0.6) is 0 Å². The number of aromatic nitrogens is 1. The van der Waals surface area contributed by atoms with Crippen LogP contribution in [0.1, 0.15) is 32.1 Å². The molecular formula is C24H25Cl3N3O7S2-. The van der Waals surface area contributed by atoms with Gasteiger partial charge in [0, 0.05) is 42.1 Å². The molecule has 0 amide bonds. The van der Waals surface area contributed by atoms with Crippen molar-refractivity contribution in [3.05, 3.63) is 57.1 Å². The van der Waals surface area contributed by atoms with Crippen molar-refractivity contribution in [3.63, 3.8) is 0 Å². The van der Waals surface area contributed by atoms with Crippen LogP contribution in [-0.4, -0.2) is 50.5 Å². The van der Waals surface area contributed by atoms with Gasteiger partial charge in [0.2, 0.25) is 5.58 Å². The summed E-state index contributed by atoms with van der Waals surface area (Å²) in [5.41, 5.74) is 2.64. The molecule has 1 aliphatic heterocycles. The lowest BCUT2D eigenvalue weighted by atomic mass is 10.2. The molecule has 1 aromatic heterocycles. The second kappa shape index (κ2) is 11.8. The van der Waals surface area contributed by atoms with Gasteiger partial charge in [0.1, 0.15) is 5.82 Å². The highest BCUT2D eigenvalue weighted by Crippen LogP contribution is 2.46. The molecule has 0 radical (unpaired) electrons. The molecule has 0 saturated carbocycles. The lowest BCUT2D eigenvalue weighted by molar-refractivity contribution is -0.677. The molecule has 10 nitrogen and oxygen atoms in total. The number of rotatable bonds is 11. The van der Waals surface area contributed by atoms with Gasteiger partial charge < -0.3 is 23.3 Å². The first-order valence-corrected chi connectivity index (χ1v) is 16.3. The summed E-state index contributed by atoms with van der Waals surface area (Å²) in [6.07, 6.45) is 2.40. The second-order valence-corrected chi connectivity index (χ2v) is 13.2. The first kappa shape index (κ1) is 29.9. The largest absolute Gasteiger partial charge is 0.748 e. The zero-order chi connectivity index (χ0) is 28.5. The Hall–Kier alpha value is -2.06. The molecule has 212 valence electrons. The van der Waals surface area contributed by atoms with Crippen molar-refractivity contribution >= 4 is 83.6 Å². The molecule has 0 atom stereocenters. The van der Waals surface area contributed by atoms with Crippen molar-refractivity contribution in [3.8, 4) is 0 Å². The molecule has 4 rings (SSSR count). The minimum atomic E-state index is -4.41. The fourth-order valence-corrected chi connectivity index (χ4v) is 6.07. The molecule has 2 heterocycles. The van der Waals surface area contributed by atoms with Crippen LogP contribution < -0.4 is 14.4 Å². The van der Waals surface area contributed by atoms with Crippen LogP contribution in [0.2, 0.25) is 15.1 Å². The molecule has 0 N–H and O–H groups in total. The monoisotopic (exact) mass is 636 g/mol. The molecule has 1 aliphatic rings. The Kier molecular flexibility index (Phi) is 9.06. The summed E-state index contributed by atoms with van der Waals surface area (Å²) in [6.45, 7) is 3.01. The van der Waals surface area contributed by atoms with E-state index in [4.69, 9.17) is 39.2 Å². The minimum absolute atomic E-state index is 0.0597. The van der Waals surface area contributed by atoms with E-state index in [0.29, 0.717) is 57.4 Å². The van der Waals surface area contributed by atoms with E-state index < -0.39 is 31.7 Å². The molecule has 15 heteroatoms. The molecule has 0 spiro atoms. The molecule has 0 saturated heterocycles. The standard InChI is InChI=1S/C24H26Cl3N3O7S2/c1-2-28-19-13-17(26)18(27)14-20(19)29(8-3-4-10-38(31,32)33)23(28)15-24-30(9-5-11-39(34,35)36)21-12-16(25)6-7-22(21)37-24/h6-7,12-15H,2-5,8-11H2,1H3,(H-,31,32,33,34,35,36)/p-1. The summed E-state index contributed by atoms with van der Waals surface area (Å²) < 4.78 is 74.9. The predicted octanol–water partition coefficient (Wildman–Crippen LogP) is 4.59. The average Bonchev–Trinajstić information content (AvgIpc) is 3.30. The van der Waals surface area contributed by atoms with Crippen LogP contribution in [0, 0.1) is 0 Å². The van der Waals surface area contributed by atoms with Gasteiger partial charge in [-0.2, -0.15) is 4.57 Å². The SMILES string of the molecule is CCN1/C(=C\c2oc3ccc(Cl)cc3[n+]2CCCS(=O)(=O)[O-])N(CCCCS(=O)(=O)[O-])c2cc(Cl)c(Cl)cc21. The van der Waals surface area contributed by atoms with Gasteiger partial charge >= 0.3 is 5.89 Å². The van der Waals surface area contributed by atoms with Gasteiger partial charge in [-0.3, -0.25) is 0 Å². The van der Waals surface area contributed by atoms with Gasteiger partial charge in [-0.1, -0.05) is 34.8 Å². The Morgan fingerprint density at radius 2 is 1.51 bits per heavy atom. The van der Waals surface area contributed by atoms with E-state index in [0.717, 1.165) is 11.4 Å². The molecule has 3 aromatic rings. The first-order chi connectivity index (χ1) is 18.3. The van der Waals surface area contributed by atoms with Crippen LogP contribution in [0.4, 0.5) is 11.4 Å². The summed E-state index contributed by atoms with van der Waals surface area (Å²) in [6, 6.07) is 8.52. The molecular weight excluding hydrogens is 613 g/mol. The Labute approximate surface area is 241 Å². The minimum Gasteiger partial charge on any atom is -0.748 e. The summed E-state index contributed by atoms with van der Waals surface area (Å²) >= 11 is 18.9. The number of fused-ring (bicyclic) bond motifs is 2. The van der Waals surface area contributed by atoms with Gasteiger partial charge in [-0.25, -0.2) is 16.8 Å². The van der Waals surface area contributed by atoms with Gasteiger partial charge in [0.15, 0.2) is 6.54 Å². The summed E-state index contributed by atoms with van der Waals surface area (Å²) in [4.78, 5) is 3.92. The molecule has 0 unspecified atom stereocenters. The van der Waals surface area contributed by atoms with Gasteiger partial charge in [0.05, 0.1) is 47.7 Å². The van der Waals surface area contributed by atoms with E-state index in [9.17, 15) is 25.9 Å². The number of hydrogen-bond donors (Lipinski definition) is 0. The maximum atomic E-state index is 11.2. The van der Waals surface area contributed by atoms with Crippen molar-refractivity contribution in [1.29, 1.82) is 0 Å². The van der Waals surface area contributed by atoms with Crippen molar-refractivity contribution in [2.75, 3.05) is 34.4 Å². The third-order valence-electron chi connectivity index (χ3n) is 6.22. The number of aryl methyl sites for hydroxylation is 1. The number of anilines is 2. The summed E-state index contributed by atoms with van der Waals surface area (Å²) in [5, 5.41) is 1.15. The third-order valence-corrected chi connectivity index (χ3v) is 8.75. The smallest absolute Gasteiger partial charge is 0.377 e. The van der Waals surface area contributed by atoms with E-state index in [1.165, 1.54) is 0 Å². The van der Waals surface area contributed by atoms with Crippen molar-refractivity contribution in [1.82, 2.24) is 0 Å². The number of oxazole rings is 1. The highest BCUT2D eigenvalue weighted by Gasteiger charge is 2.33. The number of unbranched alkanes of at least 4 members (excludes halogenated alkanes) is 1. The van der Waals surface area contributed by atoms with Gasteiger partial charge in [-0.05, 0) is 44.0 Å². The third kappa shape index (κ3) is 7.18. The fraction of sp³-hybridized carbons (Fsp3) is 0.375. The van der Waals surface area contributed by atoms with Gasteiger partial charge in [0.25, 0.3) is 5.52 Å². The van der Waals surface area contributed by atoms with E-state index in [-0.39, 0.29) is 19.4 Å². The normalized spacial score (nSPS) is 15.1. The van der Waals surface area contributed by atoms with E-state index in [1.807, 2.05) is 16.7 Å². The Morgan fingerprint density at radius 3 is 2.13 bits per heavy atom. The zero-order valence-corrected chi connectivity index (χ0v) is 24.7. The van der Waals surface area contributed by atoms with Crippen molar-refractivity contribution in [2.24, 2.45) is 0 Å². The molecule has 2 aromatic carbocycles. The van der Waals surface area contributed by atoms with E-state index in [2.05, 4.69) is 0 Å². The highest BCUT2D eigenvalue weighted by atomic mass is 35.5. The number of benzene rings is 2. The lowest BCUT2D eigenvalue weighted by Gasteiger charge is -2.24. The van der Waals surface area contributed by atoms with Crippen molar-refractivity contribution < 1.29 is 34.9 Å². The molecule has 0 fully saturated rings. The number of hydrogen-bond acceptors (Lipinski definition) is 9. The molecule has 39 heavy (non-hydrogen) atoms. The van der Waals surface area contributed by atoms with Crippen LogP contribution in [0.25, 0.3) is 17.2 Å². The van der Waals surface area contributed by atoms with Crippen LogP contribution >= 0.6 is 34.8 Å². The maximum Gasteiger partial charge on any atom is 0.377 e. The fourth-order valence-electron chi connectivity index (χ4n) is 4.54.